The Balaban J connectivity index is 2.15. The van der Waals surface area contributed by atoms with Gasteiger partial charge in [-0.2, -0.15) is 5.10 Å². The van der Waals surface area contributed by atoms with E-state index in [1.807, 2.05) is 30.3 Å². The van der Waals surface area contributed by atoms with Gasteiger partial charge in [-0.1, -0.05) is 37.1 Å². The van der Waals surface area contributed by atoms with Crippen molar-refractivity contribution in [2.24, 2.45) is 0 Å². The van der Waals surface area contributed by atoms with Crippen molar-refractivity contribution in [1.29, 1.82) is 0 Å². The number of halogens is 1. The minimum Gasteiger partial charge on any atom is -0.312 e. The second-order valence-electron chi connectivity index (χ2n) is 4.64. The van der Waals surface area contributed by atoms with Crippen molar-refractivity contribution in [3.05, 3.63) is 51.3 Å². The van der Waals surface area contributed by atoms with E-state index in [2.05, 4.69) is 22.4 Å². The van der Waals surface area contributed by atoms with Crippen LogP contribution in [0.5, 0.6) is 0 Å². The van der Waals surface area contributed by atoms with Crippen LogP contribution in [0.4, 0.5) is 0 Å². The Labute approximate surface area is 123 Å². The maximum absolute atomic E-state index is 11.7. The smallest absolute Gasteiger partial charge is 0.268 e. The summed E-state index contributed by atoms with van der Waals surface area (Å²) in [5.41, 5.74) is 2.22. The Hall–Kier alpha value is -1.65. The molecule has 0 saturated carbocycles. The first-order chi connectivity index (χ1) is 9.70. The zero-order valence-corrected chi connectivity index (χ0v) is 12.2. The summed E-state index contributed by atoms with van der Waals surface area (Å²) in [5.74, 6) is 0. The predicted molar refractivity (Wildman–Crippen MR) is 81.9 cm³/mol. The molecular weight excluding hydrogens is 274 g/mol. The highest BCUT2D eigenvalue weighted by atomic mass is 35.5. The van der Waals surface area contributed by atoms with Gasteiger partial charge in [-0.25, -0.2) is 5.10 Å². The molecule has 0 saturated heterocycles. The lowest BCUT2D eigenvalue weighted by Crippen LogP contribution is -2.22. The predicted octanol–water partition coefficient (Wildman–Crippen LogP) is 2.98. The van der Waals surface area contributed by atoms with Gasteiger partial charge in [0.1, 0.15) is 0 Å². The Bertz CT molecular complexity index is 607. The average Bonchev–Trinajstić information content (AvgIpc) is 2.46. The van der Waals surface area contributed by atoms with Crippen LogP contribution >= 0.6 is 11.6 Å². The monoisotopic (exact) mass is 291 g/mol. The molecule has 0 radical (unpaired) electrons. The summed E-state index contributed by atoms with van der Waals surface area (Å²) < 4.78 is 0. The van der Waals surface area contributed by atoms with Crippen LogP contribution in [-0.4, -0.2) is 16.7 Å². The van der Waals surface area contributed by atoms with E-state index < -0.39 is 0 Å². The topological polar surface area (TPSA) is 57.8 Å². The number of rotatable bonds is 6. The Kier molecular flexibility index (Phi) is 5.32. The molecule has 5 heteroatoms. The maximum atomic E-state index is 11.7. The number of nitrogens with one attached hydrogen (secondary N) is 2. The van der Waals surface area contributed by atoms with Crippen LogP contribution in [0.15, 0.2) is 35.1 Å². The molecule has 1 aromatic carbocycles. The molecule has 20 heavy (non-hydrogen) atoms. The lowest BCUT2D eigenvalue weighted by Gasteiger charge is -2.05. The van der Waals surface area contributed by atoms with Gasteiger partial charge in [0.25, 0.3) is 5.56 Å². The number of unbranched alkanes of at least 4 members (excludes halogenated alkanes) is 1. The molecule has 0 spiro atoms. The molecule has 0 amide bonds. The molecule has 1 aromatic heterocycles. The number of aromatic nitrogens is 2. The van der Waals surface area contributed by atoms with E-state index in [1.165, 1.54) is 0 Å². The quantitative estimate of drug-likeness (QED) is 0.805. The van der Waals surface area contributed by atoms with E-state index in [0.29, 0.717) is 17.1 Å². The van der Waals surface area contributed by atoms with Crippen LogP contribution in [0.3, 0.4) is 0 Å². The third-order valence-corrected chi connectivity index (χ3v) is 3.30. The zero-order chi connectivity index (χ0) is 14.4. The van der Waals surface area contributed by atoms with Crippen LogP contribution in [0.1, 0.15) is 25.3 Å². The first-order valence-corrected chi connectivity index (χ1v) is 7.13. The number of nitrogens with zero attached hydrogens (tertiary/aromatic N) is 1. The second kappa shape index (κ2) is 7.22. The fraction of sp³-hybridized carbons (Fsp3) is 0.333. The molecule has 106 valence electrons. The van der Waals surface area contributed by atoms with E-state index in [9.17, 15) is 4.79 Å². The summed E-state index contributed by atoms with van der Waals surface area (Å²) in [7, 11) is 0. The normalized spacial score (nSPS) is 10.7. The van der Waals surface area contributed by atoms with E-state index >= 15 is 0 Å². The molecule has 0 atom stereocenters. The summed E-state index contributed by atoms with van der Waals surface area (Å²) >= 11 is 5.87. The van der Waals surface area contributed by atoms with Crippen LogP contribution in [-0.2, 0) is 6.54 Å². The van der Waals surface area contributed by atoms with Crippen molar-refractivity contribution in [3.63, 3.8) is 0 Å². The van der Waals surface area contributed by atoms with Gasteiger partial charge in [0.2, 0.25) is 0 Å². The van der Waals surface area contributed by atoms with Crippen molar-refractivity contribution >= 4 is 11.6 Å². The van der Waals surface area contributed by atoms with Gasteiger partial charge < -0.3 is 5.32 Å². The number of aromatic amines is 1. The van der Waals surface area contributed by atoms with Crippen LogP contribution < -0.4 is 10.9 Å². The molecule has 0 aliphatic rings. The molecule has 2 N–H and O–H groups in total. The Morgan fingerprint density at radius 3 is 2.75 bits per heavy atom. The Morgan fingerprint density at radius 1 is 1.30 bits per heavy atom. The van der Waals surface area contributed by atoms with E-state index in [0.717, 1.165) is 30.6 Å². The van der Waals surface area contributed by atoms with Crippen LogP contribution in [0.25, 0.3) is 11.3 Å². The average molecular weight is 292 g/mol. The van der Waals surface area contributed by atoms with E-state index in [4.69, 9.17) is 11.6 Å². The van der Waals surface area contributed by atoms with Gasteiger partial charge in [0, 0.05) is 22.7 Å². The minimum atomic E-state index is -0.147. The largest absolute Gasteiger partial charge is 0.312 e. The van der Waals surface area contributed by atoms with Crippen molar-refractivity contribution in [1.82, 2.24) is 15.5 Å². The first-order valence-electron chi connectivity index (χ1n) is 6.76. The number of benzene rings is 1. The molecule has 0 bridgehead atoms. The molecule has 0 aliphatic carbocycles. The molecular formula is C15H18ClN3O. The fourth-order valence-electron chi connectivity index (χ4n) is 1.87. The first kappa shape index (κ1) is 14.8. The van der Waals surface area contributed by atoms with Crippen LogP contribution in [0.2, 0.25) is 5.02 Å². The van der Waals surface area contributed by atoms with Crippen LogP contribution in [0, 0.1) is 0 Å². The number of H-pyrrole nitrogens is 1. The molecule has 0 unspecified atom stereocenters. The summed E-state index contributed by atoms with van der Waals surface area (Å²) in [6.45, 7) is 3.60. The minimum absolute atomic E-state index is 0.147. The summed E-state index contributed by atoms with van der Waals surface area (Å²) in [6.07, 6.45) is 2.24. The standard InChI is InChI=1S/C15H18ClN3O/c1-2-3-8-17-10-12-9-14(18-19-15(12)20)11-4-6-13(16)7-5-11/h4-7,9,17H,2-3,8,10H2,1H3,(H,19,20). The number of hydrogen-bond donors (Lipinski definition) is 2. The molecule has 2 aromatic rings. The van der Waals surface area contributed by atoms with Crippen molar-refractivity contribution < 1.29 is 0 Å². The highest BCUT2D eigenvalue weighted by molar-refractivity contribution is 6.30. The van der Waals surface area contributed by atoms with E-state index in [-0.39, 0.29) is 5.56 Å². The maximum Gasteiger partial charge on any atom is 0.268 e. The third-order valence-electron chi connectivity index (χ3n) is 3.04. The van der Waals surface area contributed by atoms with Crippen molar-refractivity contribution in [2.45, 2.75) is 26.3 Å². The highest BCUT2D eigenvalue weighted by Gasteiger charge is 2.05. The lowest BCUT2D eigenvalue weighted by molar-refractivity contribution is 0.636. The van der Waals surface area contributed by atoms with Gasteiger partial charge in [-0.05, 0) is 31.2 Å². The van der Waals surface area contributed by atoms with Crippen molar-refractivity contribution in [3.8, 4) is 11.3 Å². The van der Waals surface area contributed by atoms with Gasteiger partial charge in [-0.15, -0.1) is 0 Å². The summed E-state index contributed by atoms with van der Waals surface area (Å²) in [5, 5.41) is 10.6. The molecule has 1 heterocycles. The van der Waals surface area contributed by atoms with Gasteiger partial charge in [0.05, 0.1) is 5.69 Å². The van der Waals surface area contributed by atoms with Gasteiger partial charge >= 0.3 is 0 Å². The van der Waals surface area contributed by atoms with E-state index in [1.54, 1.807) is 0 Å². The van der Waals surface area contributed by atoms with Gasteiger partial charge in [0.15, 0.2) is 0 Å². The van der Waals surface area contributed by atoms with Gasteiger partial charge in [-0.3, -0.25) is 4.79 Å². The highest BCUT2D eigenvalue weighted by Crippen LogP contribution is 2.18. The lowest BCUT2D eigenvalue weighted by atomic mass is 10.1. The molecule has 2 rings (SSSR count). The Morgan fingerprint density at radius 2 is 2.05 bits per heavy atom. The fourth-order valence-corrected chi connectivity index (χ4v) is 2.00. The summed E-state index contributed by atoms with van der Waals surface area (Å²) in [6, 6.07) is 9.21. The second-order valence-corrected chi connectivity index (χ2v) is 5.08. The zero-order valence-electron chi connectivity index (χ0n) is 11.4. The third kappa shape index (κ3) is 3.92. The summed E-state index contributed by atoms with van der Waals surface area (Å²) in [4.78, 5) is 11.7. The molecule has 0 fully saturated rings. The SMILES string of the molecule is CCCCNCc1cc(-c2ccc(Cl)cc2)n[nH]c1=O. The molecule has 4 nitrogen and oxygen atoms in total. The van der Waals surface area contributed by atoms with Crippen molar-refractivity contribution in [2.75, 3.05) is 6.54 Å². The number of hydrogen-bond acceptors (Lipinski definition) is 3. The molecule has 0 aliphatic heterocycles.